The zero-order valence-electron chi connectivity index (χ0n) is 12.2. The summed E-state index contributed by atoms with van der Waals surface area (Å²) < 4.78 is 5.03. The van der Waals surface area contributed by atoms with Crippen molar-refractivity contribution >= 4 is 5.97 Å². The van der Waals surface area contributed by atoms with Crippen LogP contribution in [0.4, 0.5) is 0 Å². The van der Waals surface area contributed by atoms with Crippen LogP contribution in [0.3, 0.4) is 0 Å². The Kier molecular flexibility index (Phi) is 6.65. The van der Waals surface area contributed by atoms with Crippen molar-refractivity contribution in [1.29, 1.82) is 0 Å². The number of nitrogens with one attached hydrogen (secondary N) is 1. The van der Waals surface area contributed by atoms with Crippen LogP contribution in [0.15, 0.2) is 0 Å². The lowest BCUT2D eigenvalue weighted by Crippen LogP contribution is -2.46. The molecule has 1 fully saturated rings. The van der Waals surface area contributed by atoms with Crippen molar-refractivity contribution in [2.75, 3.05) is 19.7 Å². The van der Waals surface area contributed by atoms with Gasteiger partial charge in [0.15, 0.2) is 0 Å². The number of hydrogen-bond acceptors (Lipinski definition) is 4. The van der Waals surface area contributed by atoms with Crippen LogP contribution >= 0.6 is 0 Å². The predicted octanol–water partition coefficient (Wildman–Crippen LogP) is 1.79. The summed E-state index contributed by atoms with van der Waals surface area (Å²) in [6.07, 6.45) is 3.00. The Hall–Kier alpha value is -0.610. The minimum Gasteiger partial charge on any atom is -0.466 e. The third-order valence-corrected chi connectivity index (χ3v) is 3.59. The Bertz CT molecular complexity index is 250. The van der Waals surface area contributed by atoms with Gasteiger partial charge in [-0.15, -0.1) is 0 Å². The van der Waals surface area contributed by atoms with Gasteiger partial charge in [0.1, 0.15) is 0 Å². The van der Waals surface area contributed by atoms with Crippen molar-refractivity contribution in [3.63, 3.8) is 0 Å². The third kappa shape index (κ3) is 4.94. The van der Waals surface area contributed by atoms with E-state index in [9.17, 15) is 4.79 Å². The Morgan fingerprint density at radius 3 is 2.67 bits per heavy atom. The van der Waals surface area contributed by atoms with Gasteiger partial charge < -0.3 is 10.1 Å². The first kappa shape index (κ1) is 15.4. The second-order valence-corrected chi connectivity index (χ2v) is 5.44. The van der Waals surface area contributed by atoms with Crippen LogP contribution in [0.2, 0.25) is 0 Å². The molecule has 1 saturated heterocycles. The largest absolute Gasteiger partial charge is 0.466 e. The molecule has 1 N–H and O–H groups in total. The van der Waals surface area contributed by atoms with E-state index in [-0.39, 0.29) is 12.0 Å². The molecule has 0 aromatic rings. The van der Waals surface area contributed by atoms with Crippen molar-refractivity contribution in [3.05, 3.63) is 0 Å². The van der Waals surface area contributed by atoms with E-state index >= 15 is 0 Å². The summed E-state index contributed by atoms with van der Waals surface area (Å²) in [5.74, 6) is -0.0879. The van der Waals surface area contributed by atoms with Crippen molar-refractivity contribution in [2.24, 2.45) is 0 Å². The summed E-state index contributed by atoms with van der Waals surface area (Å²) in [6.45, 7) is 11.0. The Labute approximate surface area is 111 Å². The van der Waals surface area contributed by atoms with Gasteiger partial charge >= 0.3 is 5.97 Å². The molecule has 0 aromatic heterocycles. The van der Waals surface area contributed by atoms with Crippen molar-refractivity contribution in [3.8, 4) is 0 Å². The molecule has 1 aliphatic rings. The maximum atomic E-state index is 11.6. The van der Waals surface area contributed by atoms with E-state index in [1.165, 1.54) is 12.8 Å². The smallest absolute Gasteiger partial charge is 0.307 e. The summed E-state index contributed by atoms with van der Waals surface area (Å²) in [5.41, 5.74) is 0. The van der Waals surface area contributed by atoms with Gasteiger partial charge in [0.25, 0.3) is 0 Å². The van der Waals surface area contributed by atoms with E-state index in [1.807, 2.05) is 6.92 Å². The van der Waals surface area contributed by atoms with E-state index in [4.69, 9.17) is 4.74 Å². The molecule has 2 atom stereocenters. The molecule has 106 valence electrons. The molecule has 4 nitrogen and oxygen atoms in total. The molecular weight excluding hydrogens is 228 g/mol. The number of esters is 1. The molecule has 2 unspecified atom stereocenters. The molecule has 1 heterocycles. The quantitative estimate of drug-likeness (QED) is 0.705. The standard InChI is InChI=1S/C14H28N2O2/c1-5-18-14(17)9-12(4)16(11(2)3)10-13-7-6-8-15-13/h11-13,15H,5-10H2,1-4H3. The van der Waals surface area contributed by atoms with E-state index < -0.39 is 0 Å². The Morgan fingerprint density at radius 1 is 1.44 bits per heavy atom. The van der Waals surface area contributed by atoms with Gasteiger partial charge in [-0.1, -0.05) is 0 Å². The number of carbonyl (C=O) groups is 1. The predicted molar refractivity (Wildman–Crippen MR) is 73.6 cm³/mol. The Balaban J connectivity index is 2.46. The summed E-state index contributed by atoms with van der Waals surface area (Å²) in [4.78, 5) is 14.0. The molecule has 18 heavy (non-hydrogen) atoms. The van der Waals surface area contributed by atoms with Gasteiger partial charge in [-0.3, -0.25) is 9.69 Å². The van der Waals surface area contributed by atoms with Gasteiger partial charge in [-0.2, -0.15) is 0 Å². The molecule has 0 saturated carbocycles. The van der Waals surface area contributed by atoms with Crippen molar-refractivity contribution < 1.29 is 9.53 Å². The fourth-order valence-electron chi connectivity index (χ4n) is 2.65. The molecule has 0 bridgehead atoms. The van der Waals surface area contributed by atoms with E-state index in [1.54, 1.807) is 0 Å². The number of ether oxygens (including phenoxy) is 1. The lowest BCUT2D eigenvalue weighted by Gasteiger charge is -2.34. The minimum atomic E-state index is -0.0879. The lowest BCUT2D eigenvalue weighted by molar-refractivity contribution is -0.144. The highest BCUT2D eigenvalue weighted by molar-refractivity contribution is 5.70. The van der Waals surface area contributed by atoms with Crippen molar-refractivity contribution in [2.45, 2.75) is 65.1 Å². The molecule has 1 rings (SSSR count). The highest BCUT2D eigenvalue weighted by Gasteiger charge is 2.25. The summed E-state index contributed by atoms with van der Waals surface area (Å²) in [6, 6.07) is 1.28. The number of rotatable bonds is 7. The van der Waals surface area contributed by atoms with Crippen LogP contribution < -0.4 is 5.32 Å². The highest BCUT2D eigenvalue weighted by atomic mass is 16.5. The molecule has 1 aliphatic heterocycles. The van der Waals surface area contributed by atoms with Crippen LogP contribution in [0, 0.1) is 0 Å². The van der Waals surface area contributed by atoms with Crippen LogP contribution in [0.25, 0.3) is 0 Å². The molecule has 0 amide bonds. The number of nitrogens with zero attached hydrogens (tertiary/aromatic N) is 1. The normalized spacial score (nSPS) is 21.6. The fraction of sp³-hybridized carbons (Fsp3) is 0.929. The Morgan fingerprint density at radius 2 is 2.17 bits per heavy atom. The SMILES string of the molecule is CCOC(=O)CC(C)N(CC1CCCN1)C(C)C. The van der Waals surface area contributed by atoms with Crippen LogP contribution in [0.1, 0.15) is 47.0 Å². The summed E-state index contributed by atoms with van der Waals surface area (Å²) >= 11 is 0. The van der Waals surface area contributed by atoms with E-state index in [0.717, 1.165) is 13.1 Å². The second kappa shape index (κ2) is 7.74. The minimum absolute atomic E-state index is 0.0879. The summed E-state index contributed by atoms with van der Waals surface area (Å²) in [5, 5.41) is 3.52. The molecular formula is C14H28N2O2. The summed E-state index contributed by atoms with van der Waals surface area (Å²) in [7, 11) is 0. The van der Waals surface area contributed by atoms with Gasteiger partial charge in [-0.05, 0) is 47.1 Å². The van der Waals surface area contributed by atoms with Crippen LogP contribution in [-0.4, -0.2) is 48.7 Å². The van der Waals surface area contributed by atoms with Crippen LogP contribution in [0.5, 0.6) is 0 Å². The first-order valence-electron chi connectivity index (χ1n) is 7.19. The van der Waals surface area contributed by atoms with Gasteiger partial charge in [-0.25, -0.2) is 0 Å². The topological polar surface area (TPSA) is 41.6 Å². The second-order valence-electron chi connectivity index (χ2n) is 5.44. The molecule has 0 spiro atoms. The third-order valence-electron chi connectivity index (χ3n) is 3.59. The van der Waals surface area contributed by atoms with E-state index in [0.29, 0.717) is 25.1 Å². The number of carbonyl (C=O) groups excluding carboxylic acids is 1. The van der Waals surface area contributed by atoms with Gasteiger partial charge in [0, 0.05) is 24.7 Å². The fourth-order valence-corrected chi connectivity index (χ4v) is 2.65. The van der Waals surface area contributed by atoms with Crippen LogP contribution in [-0.2, 0) is 9.53 Å². The molecule has 0 radical (unpaired) electrons. The molecule has 4 heteroatoms. The van der Waals surface area contributed by atoms with E-state index in [2.05, 4.69) is 31.0 Å². The zero-order chi connectivity index (χ0) is 13.5. The molecule has 0 aromatic carbocycles. The monoisotopic (exact) mass is 256 g/mol. The average molecular weight is 256 g/mol. The van der Waals surface area contributed by atoms with Gasteiger partial charge in [0.2, 0.25) is 0 Å². The first-order chi connectivity index (χ1) is 8.54. The highest BCUT2D eigenvalue weighted by Crippen LogP contribution is 2.14. The van der Waals surface area contributed by atoms with Crippen molar-refractivity contribution in [1.82, 2.24) is 10.2 Å². The lowest BCUT2D eigenvalue weighted by atomic mass is 10.1. The molecule has 0 aliphatic carbocycles. The average Bonchev–Trinajstić information content (AvgIpc) is 2.78. The number of hydrogen-bond donors (Lipinski definition) is 1. The maximum absolute atomic E-state index is 11.6. The maximum Gasteiger partial charge on any atom is 0.307 e. The first-order valence-corrected chi connectivity index (χ1v) is 7.19. The zero-order valence-corrected chi connectivity index (χ0v) is 12.2. The van der Waals surface area contributed by atoms with Gasteiger partial charge in [0.05, 0.1) is 13.0 Å².